The van der Waals surface area contributed by atoms with Crippen molar-refractivity contribution in [3.63, 3.8) is 0 Å². The highest BCUT2D eigenvalue weighted by Crippen LogP contribution is 2.15. The highest BCUT2D eigenvalue weighted by atomic mass is 15.3. The van der Waals surface area contributed by atoms with Crippen molar-refractivity contribution in [2.24, 2.45) is 0 Å². The SMILES string of the molecule is CCCNC(C)c1ccc(-n2cnc(C#N)n2)cc1. The summed E-state index contributed by atoms with van der Waals surface area (Å²) in [5, 5.41) is 16.2. The first-order valence-corrected chi connectivity index (χ1v) is 6.40. The zero-order valence-corrected chi connectivity index (χ0v) is 11.2. The first-order valence-electron chi connectivity index (χ1n) is 6.40. The van der Waals surface area contributed by atoms with Crippen LogP contribution in [0.1, 0.15) is 37.7 Å². The van der Waals surface area contributed by atoms with Crippen molar-refractivity contribution >= 4 is 0 Å². The Balaban J connectivity index is 2.12. The molecule has 0 aliphatic rings. The molecule has 5 heteroatoms. The fourth-order valence-electron chi connectivity index (χ4n) is 1.83. The lowest BCUT2D eigenvalue weighted by Crippen LogP contribution is -2.19. The zero-order chi connectivity index (χ0) is 13.7. The highest BCUT2D eigenvalue weighted by Gasteiger charge is 2.05. The molecule has 0 radical (unpaired) electrons. The van der Waals surface area contributed by atoms with Crippen LogP contribution < -0.4 is 5.32 Å². The predicted octanol–water partition coefficient (Wildman–Crippen LogP) is 2.20. The average Bonchev–Trinajstić information content (AvgIpc) is 2.94. The summed E-state index contributed by atoms with van der Waals surface area (Å²) >= 11 is 0. The van der Waals surface area contributed by atoms with E-state index in [1.54, 1.807) is 11.0 Å². The number of hydrogen-bond acceptors (Lipinski definition) is 4. The first kappa shape index (κ1) is 13.2. The maximum atomic E-state index is 8.70. The molecule has 0 bridgehead atoms. The van der Waals surface area contributed by atoms with Gasteiger partial charge in [-0.2, -0.15) is 5.26 Å². The van der Waals surface area contributed by atoms with Crippen molar-refractivity contribution in [3.05, 3.63) is 42.0 Å². The van der Waals surface area contributed by atoms with E-state index in [1.165, 1.54) is 5.56 Å². The first-order chi connectivity index (χ1) is 9.24. The molecular formula is C14H17N5. The van der Waals surface area contributed by atoms with Crippen molar-refractivity contribution in [3.8, 4) is 11.8 Å². The number of rotatable bonds is 5. The Morgan fingerprint density at radius 3 is 2.68 bits per heavy atom. The number of nitrogens with one attached hydrogen (secondary N) is 1. The number of nitrogens with zero attached hydrogens (tertiary/aromatic N) is 4. The van der Waals surface area contributed by atoms with Crippen LogP contribution in [0.15, 0.2) is 30.6 Å². The summed E-state index contributed by atoms with van der Waals surface area (Å²) in [5.41, 5.74) is 2.14. The maximum absolute atomic E-state index is 8.70. The summed E-state index contributed by atoms with van der Waals surface area (Å²) in [6, 6.07) is 10.3. The Morgan fingerprint density at radius 2 is 2.11 bits per heavy atom. The lowest BCUT2D eigenvalue weighted by Gasteiger charge is -2.13. The minimum Gasteiger partial charge on any atom is -0.310 e. The van der Waals surface area contributed by atoms with E-state index in [4.69, 9.17) is 5.26 Å². The monoisotopic (exact) mass is 255 g/mol. The summed E-state index contributed by atoms with van der Waals surface area (Å²) in [5.74, 6) is 0.182. The van der Waals surface area contributed by atoms with Crippen LogP contribution in [-0.4, -0.2) is 21.3 Å². The molecule has 0 saturated heterocycles. The van der Waals surface area contributed by atoms with Gasteiger partial charge in [0.1, 0.15) is 12.4 Å². The summed E-state index contributed by atoms with van der Waals surface area (Å²) < 4.78 is 1.60. The molecule has 0 fully saturated rings. The molecule has 98 valence electrons. The Hall–Kier alpha value is -2.19. The molecule has 2 rings (SSSR count). The molecule has 5 nitrogen and oxygen atoms in total. The molecule has 0 aliphatic heterocycles. The molecule has 1 N–H and O–H groups in total. The summed E-state index contributed by atoms with van der Waals surface area (Å²) in [6.07, 6.45) is 2.67. The second kappa shape index (κ2) is 6.12. The van der Waals surface area contributed by atoms with Crippen LogP contribution in [0.25, 0.3) is 5.69 Å². The largest absolute Gasteiger partial charge is 0.310 e. The number of nitriles is 1. The van der Waals surface area contributed by atoms with Gasteiger partial charge in [0, 0.05) is 6.04 Å². The third-order valence-corrected chi connectivity index (χ3v) is 2.95. The van der Waals surface area contributed by atoms with E-state index in [-0.39, 0.29) is 5.82 Å². The molecule has 1 heterocycles. The van der Waals surface area contributed by atoms with Gasteiger partial charge in [0.05, 0.1) is 5.69 Å². The maximum Gasteiger partial charge on any atom is 0.252 e. The standard InChI is InChI=1S/C14H17N5/c1-3-8-16-11(2)12-4-6-13(7-5-12)19-10-17-14(9-15)18-19/h4-7,10-11,16H,3,8H2,1-2H3. The van der Waals surface area contributed by atoms with Gasteiger partial charge in [0.2, 0.25) is 0 Å². The minimum absolute atomic E-state index is 0.182. The van der Waals surface area contributed by atoms with E-state index >= 15 is 0 Å². The Labute approximate surface area is 112 Å². The van der Waals surface area contributed by atoms with Gasteiger partial charge in [0.25, 0.3) is 5.82 Å². The van der Waals surface area contributed by atoms with Crippen molar-refractivity contribution in [2.75, 3.05) is 6.54 Å². The van der Waals surface area contributed by atoms with Crippen LogP contribution in [0.2, 0.25) is 0 Å². The van der Waals surface area contributed by atoms with Gasteiger partial charge in [0.15, 0.2) is 0 Å². The zero-order valence-electron chi connectivity index (χ0n) is 11.2. The van der Waals surface area contributed by atoms with Gasteiger partial charge >= 0.3 is 0 Å². The average molecular weight is 255 g/mol. The fraction of sp³-hybridized carbons (Fsp3) is 0.357. The van der Waals surface area contributed by atoms with Crippen LogP contribution in [0.4, 0.5) is 0 Å². The summed E-state index contributed by atoms with van der Waals surface area (Å²) in [7, 11) is 0. The quantitative estimate of drug-likeness (QED) is 0.889. The van der Waals surface area contributed by atoms with Gasteiger partial charge in [-0.3, -0.25) is 0 Å². The van der Waals surface area contributed by atoms with Crippen LogP contribution >= 0.6 is 0 Å². The third kappa shape index (κ3) is 3.18. The molecule has 1 aromatic carbocycles. The molecule has 19 heavy (non-hydrogen) atoms. The third-order valence-electron chi connectivity index (χ3n) is 2.95. The molecular weight excluding hydrogens is 238 g/mol. The Morgan fingerprint density at radius 1 is 1.37 bits per heavy atom. The fourth-order valence-corrected chi connectivity index (χ4v) is 1.83. The smallest absolute Gasteiger partial charge is 0.252 e. The predicted molar refractivity (Wildman–Crippen MR) is 72.8 cm³/mol. The van der Waals surface area contributed by atoms with Crippen LogP contribution in [-0.2, 0) is 0 Å². The minimum atomic E-state index is 0.182. The number of hydrogen-bond donors (Lipinski definition) is 1. The Bertz CT molecular complexity index is 564. The van der Waals surface area contributed by atoms with Gasteiger partial charge < -0.3 is 5.32 Å². The summed E-state index contributed by atoms with van der Waals surface area (Å²) in [4.78, 5) is 3.89. The van der Waals surface area contributed by atoms with Crippen molar-refractivity contribution < 1.29 is 0 Å². The van der Waals surface area contributed by atoms with Crippen molar-refractivity contribution in [1.29, 1.82) is 5.26 Å². The molecule has 0 aliphatic carbocycles. The van der Waals surface area contributed by atoms with Gasteiger partial charge in [-0.25, -0.2) is 9.67 Å². The van der Waals surface area contributed by atoms with E-state index in [0.717, 1.165) is 18.7 Å². The molecule has 1 aromatic heterocycles. The molecule has 1 atom stereocenters. The normalized spacial score (nSPS) is 12.1. The molecule has 2 aromatic rings. The second-order valence-corrected chi connectivity index (χ2v) is 4.39. The van der Waals surface area contributed by atoms with Crippen LogP contribution in [0.3, 0.4) is 0 Å². The van der Waals surface area contributed by atoms with E-state index in [1.807, 2.05) is 18.2 Å². The van der Waals surface area contributed by atoms with Crippen molar-refractivity contribution in [1.82, 2.24) is 20.1 Å². The highest BCUT2D eigenvalue weighted by molar-refractivity contribution is 5.34. The number of benzene rings is 1. The van der Waals surface area contributed by atoms with Crippen molar-refractivity contribution in [2.45, 2.75) is 26.3 Å². The molecule has 0 saturated carbocycles. The lowest BCUT2D eigenvalue weighted by atomic mass is 10.1. The van der Waals surface area contributed by atoms with E-state index in [0.29, 0.717) is 6.04 Å². The van der Waals surface area contributed by atoms with Crippen LogP contribution in [0, 0.1) is 11.3 Å². The molecule has 0 spiro atoms. The molecule has 0 amide bonds. The van der Waals surface area contributed by atoms with Gasteiger partial charge in [-0.1, -0.05) is 19.1 Å². The van der Waals surface area contributed by atoms with Gasteiger partial charge in [-0.15, -0.1) is 5.10 Å². The van der Waals surface area contributed by atoms with Crippen LogP contribution in [0.5, 0.6) is 0 Å². The lowest BCUT2D eigenvalue weighted by molar-refractivity contribution is 0.570. The topological polar surface area (TPSA) is 66.5 Å². The number of aromatic nitrogens is 3. The second-order valence-electron chi connectivity index (χ2n) is 4.39. The van der Waals surface area contributed by atoms with Gasteiger partial charge in [-0.05, 0) is 37.6 Å². The molecule has 1 unspecified atom stereocenters. The van der Waals surface area contributed by atoms with E-state index < -0.39 is 0 Å². The van der Waals surface area contributed by atoms with E-state index in [9.17, 15) is 0 Å². The Kier molecular flexibility index (Phi) is 4.26. The summed E-state index contributed by atoms with van der Waals surface area (Å²) in [6.45, 7) is 5.31. The van der Waals surface area contributed by atoms with E-state index in [2.05, 4.69) is 41.4 Å².